The molecule has 18 heavy (non-hydrogen) atoms. The maximum Gasteiger partial charge on any atom is 0.231 e. The third-order valence-electron chi connectivity index (χ3n) is 2.86. The van der Waals surface area contributed by atoms with Crippen LogP contribution in [-0.2, 0) is 0 Å². The van der Waals surface area contributed by atoms with Gasteiger partial charge in [0.1, 0.15) is 6.07 Å². The lowest BCUT2D eigenvalue weighted by Crippen LogP contribution is -1.92. The smallest absolute Gasteiger partial charge is 0.231 e. The van der Waals surface area contributed by atoms with Crippen LogP contribution in [0.15, 0.2) is 37.2 Å². The van der Waals surface area contributed by atoms with Crippen molar-refractivity contribution < 1.29 is 9.47 Å². The van der Waals surface area contributed by atoms with Gasteiger partial charge in [-0.3, -0.25) is 0 Å². The van der Waals surface area contributed by atoms with E-state index in [-0.39, 0.29) is 6.79 Å². The van der Waals surface area contributed by atoms with Gasteiger partial charge in [-0.2, -0.15) is 5.26 Å². The van der Waals surface area contributed by atoms with Crippen LogP contribution in [-0.4, -0.2) is 11.4 Å². The van der Waals surface area contributed by atoms with Gasteiger partial charge in [-0.05, 0) is 17.7 Å². The van der Waals surface area contributed by atoms with Gasteiger partial charge >= 0.3 is 0 Å². The molecule has 0 unspecified atom stereocenters. The van der Waals surface area contributed by atoms with Crippen LogP contribution in [0.25, 0.3) is 17.3 Å². The molecule has 2 heterocycles. The zero-order valence-electron chi connectivity index (χ0n) is 9.59. The van der Waals surface area contributed by atoms with Crippen LogP contribution in [0.5, 0.6) is 11.5 Å². The molecule has 3 rings (SSSR count). The number of aromatic nitrogens is 1. The number of hydrogen-bond acceptors (Lipinski definition) is 3. The SMILES string of the molecule is C=Cn1cc(C#N)c(-c2ccc3c(c2)OCO3)c1. The number of benzene rings is 1. The van der Waals surface area contributed by atoms with Crippen molar-refractivity contribution in [3.8, 4) is 28.7 Å². The molecule has 0 amide bonds. The highest BCUT2D eigenvalue weighted by Gasteiger charge is 2.16. The minimum atomic E-state index is 0.248. The average molecular weight is 238 g/mol. The molecule has 0 spiro atoms. The van der Waals surface area contributed by atoms with E-state index in [9.17, 15) is 0 Å². The number of ether oxygens (including phenoxy) is 2. The summed E-state index contributed by atoms with van der Waals surface area (Å²) in [6.07, 6.45) is 5.26. The summed E-state index contributed by atoms with van der Waals surface area (Å²) in [6.45, 7) is 3.93. The molecule has 0 saturated carbocycles. The first kappa shape index (κ1) is 10.5. The van der Waals surface area contributed by atoms with Crippen molar-refractivity contribution in [3.63, 3.8) is 0 Å². The van der Waals surface area contributed by atoms with Gasteiger partial charge in [-0.25, -0.2) is 0 Å². The van der Waals surface area contributed by atoms with Crippen LogP contribution in [0, 0.1) is 11.3 Å². The fourth-order valence-corrected chi connectivity index (χ4v) is 1.96. The first-order valence-corrected chi connectivity index (χ1v) is 5.46. The Bertz CT molecular complexity index is 665. The van der Waals surface area contributed by atoms with E-state index in [1.807, 2.05) is 24.4 Å². The van der Waals surface area contributed by atoms with Crippen molar-refractivity contribution in [1.29, 1.82) is 5.26 Å². The van der Waals surface area contributed by atoms with Gasteiger partial charge in [0.2, 0.25) is 6.79 Å². The van der Waals surface area contributed by atoms with E-state index in [2.05, 4.69) is 12.6 Å². The topological polar surface area (TPSA) is 47.2 Å². The molecule has 1 aromatic heterocycles. The third-order valence-corrected chi connectivity index (χ3v) is 2.86. The standard InChI is InChI=1S/C14H10N2O2/c1-2-16-7-11(6-15)12(8-16)10-3-4-13-14(5-10)18-9-17-13/h2-5,7-8H,1,9H2. The highest BCUT2D eigenvalue weighted by molar-refractivity contribution is 5.73. The molecule has 0 radical (unpaired) electrons. The zero-order valence-corrected chi connectivity index (χ0v) is 9.59. The monoisotopic (exact) mass is 238 g/mol. The highest BCUT2D eigenvalue weighted by Crippen LogP contribution is 2.36. The van der Waals surface area contributed by atoms with E-state index in [4.69, 9.17) is 14.7 Å². The van der Waals surface area contributed by atoms with Crippen LogP contribution in [0.4, 0.5) is 0 Å². The fourth-order valence-electron chi connectivity index (χ4n) is 1.96. The van der Waals surface area contributed by atoms with Gasteiger partial charge in [0.25, 0.3) is 0 Å². The molecule has 0 fully saturated rings. The molecule has 1 aromatic carbocycles. The maximum atomic E-state index is 9.13. The molecule has 1 aliphatic heterocycles. The maximum absolute atomic E-state index is 9.13. The Morgan fingerprint density at radius 1 is 1.28 bits per heavy atom. The molecular formula is C14H10N2O2. The number of nitrogens with zero attached hydrogens (tertiary/aromatic N) is 2. The summed E-state index contributed by atoms with van der Waals surface area (Å²) in [5, 5.41) is 9.13. The lowest BCUT2D eigenvalue weighted by Gasteiger charge is -2.01. The normalized spacial score (nSPS) is 12.2. The highest BCUT2D eigenvalue weighted by atomic mass is 16.7. The van der Waals surface area contributed by atoms with Crippen molar-refractivity contribution in [2.75, 3.05) is 6.79 Å². The van der Waals surface area contributed by atoms with Crippen LogP contribution in [0.1, 0.15) is 5.56 Å². The van der Waals surface area contributed by atoms with Gasteiger partial charge in [0.05, 0.1) is 5.56 Å². The largest absolute Gasteiger partial charge is 0.454 e. The predicted octanol–water partition coefficient (Wildman–Crippen LogP) is 2.86. The summed E-state index contributed by atoms with van der Waals surface area (Å²) in [6, 6.07) is 7.82. The summed E-state index contributed by atoms with van der Waals surface area (Å²) in [4.78, 5) is 0. The molecule has 0 aliphatic carbocycles. The Hall–Kier alpha value is -2.67. The molecule has 0 N–H and O–H groups in total. The lowest BCUT2D eigenvalue weighted by atomic mass is 10.0. The van der Waals surface area contributed by atoms with Gasteiger partial charge < -0.3 is 14.0 Å². The first-order valence-electron chi connectivity index (χ1n) is 5.46. The Kier molecular flexibility index (Phi) is 2.31. The second-order valence-corrected chi connectivity index (χ2v) is 3.90. The van der Waals surface area contributed by atoms with E-state index in [1.165, 1.54) is 0 Å². The lowest BCUT2D eigenvalue weighted by molar-refractivity contribution is 0.174. The zero-order chi connectivity index (χ0) is 12.5. The molecule has 0 saturated heterocycles. The van der Waals surface area contributed by atoms with Crippen LogP contribution >= 0.6 is 0 Å². The van der Waals surface area contributed by atoms with Crippen LogP contribution < -0.4 is 9.47 Å². The predicted molar refractivity (Wildman–Crippen MR) is 67.1 cm³/mol. The fraction of sp³-hybridized carbons (Fsp3) is 0.0714. The molecule has 88 valence electrons. The molecule has 0 bridgehead atoms. The van der Waals surface area contributed by atoms with E-state index in [0.717, 1.165) is 16.9 Å². The van der Waals surface area contributed by atoms with Gasteiger partial charge in [-0.1, -0.05) is 12.6 Å². The Morgan fingerprint density at radius 2 is 2.11 bits per heavy atom. The first-order chi connectivity index (χ1) is 8.81. The van der Waals surface area contributed by atoms with Crippen LogP contribution in [0.3, 0.4) is 0 Å². The number of rotatable bonds is 2. The van der Waals surface area contributed by atoms with Crippen molar-refractivity contribution in [3.05, 3.63) is 42.7 Å². The molecular weight excluding hydrogens is 228 g/mol. The molecule has 4 nitrogen and oxygen atoms in total. The summed E-state index contributed by atoms with van der Waals surface area (Å²) in [5.41, 5.74) is 2.39. The van der Waals surface area contributed by atoms with Crippen molar-refractivity contribution >= 4 is 6.20 Å². The van der Waals surface area contributed by atoms with Gasteiger partial charge in [0.15, 0.2) is 11.5 Å². The van der Waals surface area contributed by atoms with Crippen molar-refractivity contribution in [2.45, 2.75) is 0 Å². The Morgan fingerprint density at radius 3 is 2.89 bits per heavy atom. The minimum absolute atomic E-state index is 0.248. The summed E-state index contributed by atoms with van der Waals surface area (Å²) < 4.78 is 12.4. The van der Waals surface area contributed by atoms with Gasteiger partial charge in [-0.15, -0.1) is 0 Å². The van der Waals surface area contributed by atoms with E-state index in [1.54, 1.807) is 17.0 Å². The van der Waals surface area contributed by atoms with Crippen molar-refractivity contribution in [2.24, 2.45) is 0 Å². The van der Waals surface area contributed by atoms with E-state index in [0.29, 0.717) is 11.3 Å². The van der Waals surface area contributed by atoms with E-state index < -0.39 is 0 Å². The number of nitriles is 1. The summed E-state index contributed by atoms with van der Waals surface area (Å²) >= 11 is 0. The summed E-state index contributed by atoms with van der Waals surface area (Å²) in [5.74, 6) is 1.45. The molecule has 0 atom stereocenters. The molecule has 4 heteroatoms. The summed E-state index contributed by atoms with van der Waals surface area (Å²) in [7, 11) is 0. The van der Waals surface area contributed by atoms with Gasteiger partial charge in [0, 0.05) is 24.2 Å². The second-order valence-electron chi connectivity index (χ2n) is 3.90. The van der Waals surface area contributed by atoms with E-state index >= 15 is 0 Å². The Balaban J connectivity index is 2.12. The van der Waals surface area contributed by atoms with Crippen LogP contribution in [0.2, 0.25) is 0 Å². The van der Waals surface area contributed by atoms with Crippen molar-refractivity contribution in [1.82, 2.24) is 4.57 Å². The molecule has 1 aliphatic rings. The third kappa shape index (κ3) is 1.54. The Labute approximate surface area is 104 Å². The second kappa shape index (κ2) is 3.97. The number of fused-ring (bicyclic) bond motifs is 1. The quantitative estimate of drug-likeness (QED) is 0.808. The number of hydrogen-bond donors (Lipinski definition) is 0. The average Bonchev–Trinajstić information content (AvgIpc) is 3.03. The molecule has 2 aromatic rings. The minimum Gasteiger partial charge on any atom is -0.454 e.